The molecule has 29 heavy (non-hydrogen) atoms. The Morgan fingerprint density at radius 2 is 1.93 bits per heavy atom. The number of nitrogens with zero attached hydrogens (tertiary/aromatic N) is 2. The Balaban J connectivity index is 1.45. The predicted octanol–water partition coefficient (Wildman–Crippen LogP) is 6.24. The summed E-state index contributed by atoms with van der Waals surface area (Å²) >= 11 is 8.17. The van der Waals surface area contributed by atoms with Crippen molar-refractivity contribution in [2.24, 2.45) is 0 Å². The highest BCUT2D eigenvalue weighted by Crippen LogP contribution is 2.35. The van der Waals surface area contributed by atoms with Crippen LogP contribution in [0.25, 0.3) is 32.7 Å². The number of nitrogens with one attached hydrogen (secondary N) is 1. The summed E-state index contributed by atoms with van der Waals surface area (Å²) in [6.07, 6.45) is 5.30. The van der Waals surface area contributed by atoms with Gasteiger partial charge in [-0.2, -0.15) is 0 Å². The van der Waals surface area contributed by atoms with E-state index in [2.05, 4.69) is 23.2 Å². The summed E-state index contributed by atoms with van der Waals surface area (Å²) in [5.41, 5.74) is 4.53. The van der Waals surface area contributed by atoms with Gasteiger partial charge in [-0.25, -0.2) is 4.98 Å². The maximum absolute atomic E-state index is 12.7. The standard InChI is InChI=1S/C23H20ClN3OS/c24-19-13-15(23(28)27-11-2-1-3-12-27)7-8-18(19)21-14-29-22(26-21)17-5-4-6-20-16(17)9-10-25-20/h4-10,13-14,25H,1-3,11-12H2. The molecule has 2 aromatic carbocycles. The number of carbonyl (C=O) groups excluding carboxylic acids is 1. The van der Waals surface area contributed by atoms with Crippen LogP contribution in [-0.4, -0.2) is 33.9 Å². The van der Waals surface area contributed by atoms with E-state index in [1.807, 2.05) is 34.7 Å². The molecule has 0 aliphatic carbocycles. The van der Waals surface area contributed by atoms with Crippen LogP contribution in [0.3, 0.4) is 0 Å². The number of hydrogen-bond donors (Lipinski definition) is 1. The Kier molecular flexibility index (Phi) is 4.86. The Hall–Kier alpha value is -2.63. The summed E-state index contributed by atoms with van der Waals surface area (Å²) in [4.78, 5) is 22.7. The highest BCUT2D eigenvalue weighted by molar-refractivity contribution is 7.13. The van der Waals surface area contributed by atoms with Gasteiger partial charge in [-0.3, -0.25) is 4.79 Å². The number of aromatic nitrogens is 2. The lowest BCUT2D eigenvalue weighted by Gasteiger charge is -2.26. The number of piperidine rings is 1. The molecule has 2 aromatic heterocycles. The van der Waals surface area contributed by atoms with E-state index in [0.29, 0.717) is 10.6 Å². The van der Waals surface area contributed by atoms with Gasteiger partial charge in [0.15, 0.2) is 0 Å². The molecule has 1 fully saturated rings. The molecule has 5 rings (SSSR count). The van der Waals surface area contributed by atoms with Crippen LogP contribution in [0.4, 0.5) is 0 Å². The van der Waals surface area contributed by atoms with Gasteiger partial charge in [0.2, 0.25) is 0 Å². The zero-order chi connectivity index (χ0) is 19.8. The van der Waals surface area contributed by atoms with Crippen LogP contribution in [0, 0.1) is 0 Å². The fraction of sp³-hybridized carbons (Fsp3) is 0.217. The molecule has 146 valence electrons. The van der Waals surface area contributed by atoms with E-state index >= 15 is 0 Å². The summed E-state index contributed by atoms with van der Waals surface area (Å²) in [5, 5.41) is 4.69. The molecule has 0 saturated carbocycles. The average Bonchev–Trinajstić information content (AvgIpc) is 3.43. The Morgan fingerprint density at radius 1 is 1.07 bits per heavy atom. The Bertz CT molecular complexity index is 1190. The van der Waals surface area contributed by atoms with Crippen molar-refractivity contribution in [1.29, 1.82) is 0 Å². The first kappa shape index (κ1) is 18.4. The fourth-order valence-corrected chi connectivity index (χ4v) is 5.06. The van der Waals surface area contributed by atoms with Gasteiger partial charge < -0.3 is 9.88 Å². The average molecular weight is 422 g/mol. The normalized spacial score (nSPS) is 14.4. The minimum absolute atomic E-state index is 0.0660. The number of likely N-dealkylation sites (tertiary alicyclic amines) is 1. The summed E-state index contributed by atoms with van der Waals surface area (Å²) in [5.74, 6) is 0.0660. The largest absolute Gasteiger partial charge is 0.361 e. The third-order valence-corrected chi connectivity index (χ3v) is 6.65. The molecule has 0 unspecified atom stereocenters. The molecular weight excluding hydrogens is 402 g/mol. The molecule has 1 aliphatic heterocycles. The lowest BCUT2D eigenvalue weighted by atomic mass is 10.1. The van der Waals surface area contributed by atoms with Crippen LogP contribution in [0.1, 0.15) is 29.6 Å². The molecule has 4 nitrogen and oxygen atoms in total. The van der Waals surface area contributed by atoms with Crippen LogP contribution in [0.2, 0.25) is 5.02 Å². The number of benzene rings is 2. The maximum atomic E-state index is 12.7. The Morgan fingerprint density at radius 3 is 2.76 bits per heavy atom. The van der Waals surface area contributed by atoms with Crippen molar-refractivity contribution in [1.82, 2.24) is 14.9 Å². The second-order valence-corrected chi connectivity index (χ2v) is 8.60. The molecule has 1 saturated heterocycles. The topological polar surface area (TPSA) is 49.0 Å². The highest BCUT2D eigenvalue weighted by Gasteiger charge is 2.20. The summed E-state index contributed by atoms with van der Waals surface area (Å²) in [7, 11) is 0. The van der Waals surface area contributed by atoms with E-state index in [4.69, 9.17) is 16.6 Å². The first-order chi connectivity index (χ1) is 14.2. The second-order valence-electron chi connectivity index (χ2n) is 7.33. The van der Waals surface area contributed by atoms with Gasteiger partial charge in [0.05, 0.1) is 10.7 Å². The number of H-pyrrole nitrogens is 1. The van der Waals surface area contributed by atoms with Crippen LogP contribution in [0.15, 0.2) is 54.0 Å². The second kappa shape index (κ2) is 7.65. The quantitative estimate of drug-likeness (QED) is 0.425. The summed E-state index contributed by atoms with van der Waals surface area (Å²) in [6.45, 7) is 1.66. The van der Waals surface area contributed by atoms with Gasteiger partial charge in [-0.15, -0.1) is 11.3 Å². The zero-order valence-electron chi connectivity index (χ0n) is 15.8. The van der Waals surface area contributed by atoms with Crippen molar-refractivity contribution in [3.63, 3.8) is 0 Å². The third-order valence-electron chi connectivity index (χ3n) is 5.46. The van der Waals surface area contributed by atoms with Crippen molar-refractivity contribution < 1.29 is 4.79 Å². The number of thiazole rings is 1. The van der Waals surface area contributed by atoms with Crippen molar-refractivity contribution in [2.45, 2.75) is 19.3 Å². The number of amides is 1. The lowest BCUT2D eigenvalue weighted by Crippen LogP contribution is -2.35. The minimum Gasteiger partial charge on any atom is -0.361 e. The predicted molar refractivity (Wildman–Crippen MR) is 120 cm³/mol. The number of carbonyl (C=O) groups is 1. The number of aromatic amines is 1. The molecule has 0 atom stereocenters. The van der Waals surface area contributed by atoms with Gasteiger partial charge in [-0.1, -0.05) is 29.8 Å². The number of rotatable bonds is 3. The lowest BCUT2D eigenvalue weighted by molar-refractivity contribution is 0.0724. The zero-order valence-corrected chi connectivity index (χ0v) is 17.4. The molecule has 6 heteroatoms. The fourth-order valence-electron chi connectivity index (χ4n) is 3.93. The van der Waals surface area contributed by atoms with Crippen molar-refractivity contribution in [2.75, 3.05) is 13.1 Å². The van der Waals surface area contributed by atoms with E-state index < -0.39 is 0 Å². The molecule has 4 aromatic rings. The van der Waals surface area contributed by atoms with E-state index in [1.54, 1.807) is 17.4 Å². The minimum atomic E-state index is 0.0660. The molecule has 3 heterocycles. The van der Waals surface area contributed by atoms with Gasteiger partial charge >= 0.3 is 0 Å². The highest BCUT2D eigenvalue weighted by atomic mass is 35.5. The summed E-state index contributed by atoms with van der Waals surface area (Å²) < 4.78 is 0. The van der Waals surface area contributed by atoms with Crippen molar-refractivity contribution in [3.8, 4) is 21.8 Å². The van der Waals surface area contributed by atoms with Gasteiger partial charge in [-0.05, 0) is 43.5 Å². The Labute approximate surface area is 178 Å². The smallest absolute Gasteiger partial charge is 0.253 e. The van der Waals surface area contributed by atoms with E-state index in [0.717, 1.165) is 58.7 Å². The van der Waals surface area contributed by atoms with Crippen LogP contribution < -0.4 is 0 Å². The van der Waals surface area contributed by atoms with Gasteiger partial charge in [0.1, 0.15) is 5.01 Å². The van der Waals surface area contributed by atoms with E-state index in [-0.39, 0.29) is 5.91 Å². The molecule has 1 amide bonds. The SMILES string of the molecule is O=C(c1ccc(-c2csc(-c3cccc4[nH]ccc34)n2)c(Cl)c1)N1CCCCC1. The van der Waals surface area contributed by atoms with Gasteiger partial charge in [0, 0.05) is 52.3 Å². The van der Waals surface area contributed by atoms with Crippen LogP contribution in [0.5, 0.6) is 0 Å². The number of halogens is 1. The first-order valence-corrected chi connectivity index (χ1v) is 11.1. The summed E-state index contributed by atoms with van der Waals surface area (Å²) in [6, 6.07) is 13.8. The molecule has 0 radical (unpaired) electrons. The molecule has 0 spiro atoms. The van der Waals surface area contributed by atoms with E-state index in [1.165, 1.54) is 6.42 Å². The van der Waals surface area contributed by atoms with Crippen LogP contribution in [-0.2, 0) is 0 Å². The molecule has 1 aliphatic rings. The van der Waals surface area contributed by atoms with E-state index in [9.17, 15) is 4.79 Å². The number of hydrogen-bond acceptors (Lipinski definition) is 3. The third kappa shape index (κ3) is 3.45. The first-order valence-electron chi connectivity index (χ1n) is 9.82. The molecular formula is C23H20ClN3OS. The van der Waals surface area contributed by atoms with Gasteiger partial charge in [0.25, 0.3) is 5.91 Å². The van der Waals surface area contributed by atoms with Crippen LogP contribution >= 0.6 is 22.9 Å². The van der Waals surface area contributed by atoms with Crippen molar-refractivity contribution >= 4 is 39.7 Å². The molecule has 0 bridgehead atoms. The number of fused-ring (bicyclic) bond motifs is 1. The van der Waals surface area contributed by atoms with Crippen molar-refractivity contribution in [3.05, 3.63) is 64.6 Å². The molecule has 1 N–H and O–H groups in total. The maximum Gasteiger partial charge on any atom is 0.253 e. The monoisotopic (exact) mass is 421 g/mol.